The van der Waals surface area contributed by atoms with Crippen LogP contribution in [0.3, 0.4) is 0 Å². The molecular weight excluding hydrogens is 299 g/mol. The lowest BCUT2D eigenvalue weighted by molar-refractivity contribution is -0.237. The third kappa shape index (κ3) is 3.08. The first-order valence-electron chi connectivity index (χ1n) is 5.66. The SMILES string of the molecule is CC1(C)C=Cc2cc(SC(F)(F)C(F)(F)F)ccc2O1. The molecule has 0 saturated carbocycles. The number of thioether (sulfide) groups is 1. The van der Waals surface area contributed by atoms with E-state index < -0.39 is 28.8 Å². The van der Waals surface area contributed by atoms with Gasteiger partial charge in [-0.3, -0.25) is 0 Å². The Bertz CT molecular complexity index is 548. The summed E-state index contributed by atoms with van der Waals surface area (Å²) in [6.45, 7) is 3.62. The van der Waals surface area contributed by atoms with Gasteiger partial charge in [0.1, 0.15) is 11.4 Å². The molecule has 1 aliphatic heterocycles. The van der Waals surface area contributed by atoms with Crippen LogP contribution in [0.4, 0.5) is 22.0 Å². The summed E-state index contributed by atoms with van der Waals surface area (Å²) in [7, 11) is 0. The molecule has 0 spiro atoms. The largest absolute Gasteiger partial charge is 0.483 e. The first-order valence-corrected chi connectivity index (χ1v) is 6.48. The van der Waals surface area contributed by atoms with Crippen molar-refractivity contribution in [2.24, 2.45) is 0 Å². The highest BCUT2D eigenvalue weighted by Gasteiger charge is 2.58. The lowest BCUT2D eigenvalue weighted by atomic mass is 10.0. The number of halogens is 5. The molecule has 0 amide bonds. The molecule has 110 valence electrons. The number of fused-ring (bicyclic) bond motifs is 1. The minimum atomic E-state index is -5.58. The Morgan fingerprint density at radius 2 is 1.75 bits per heavy atom. The van der Waals surface area contributed by atoms with Crippen molar-refractivity contribution >= 4 is 17.8 Å². The van der Waals surface area contributed by atoms with Gasteiger partial charge in [-0.25, -0.2) is 0 Å². The molecule has 1 aliphatic rings. The number of hydrogen-bond acceptors (Lipinski definition) is 2. The normalized spacial score (nSPS) is 17.6. The number of hydrogen-bond donors (Lipinski definition) is 0. The molecule has 0 atom stereocenters. The van der Waals surface area contributed by atoms with Crippen LogP contribution >= 0.6 is 11.8 Å². The number of alkyl halides is 5. The Hall–Kier alpha value is -1.24. The maximum absolute atomic E-state index is 13.0. The second-order valence-corrected chi connectivity index (χ2v) is 6.04. The van der Waals surface area contributed by atoms with E-state index in [2.05, 4.69) is 0 Å². The van der Waals surface area contributed by atoms with Crippen molar-refractivity contribution in [3.63, 3.8) is 0 Å². The summed E-state index contributed by atoms with van der Waals surface area (Å²) in [6.07, 6.45) is -2.22. The monoisotopic (exact) mass is 310 g/mol. The summed E-state index contributed by atoms with van der Waals surface area (Å²) in [4.78, 5) is -0.168. The standard InChI is InChI=1S/C13H11F5OS/c1-11(2)6-5-8-7-9(3-4-10(8)19-11)20-13(17,18)12(14,15)16/h3-7H,1-2H3. The van der Waals surface area contributed by atoms with Crippen molar-refractivity contribution < 1.29 is 26.7 Å². The predicted octanol–water partition coefficient (Wildman–Crippen LogP) is 5.12. The minimum Gasteiger partial charge on any atom is -0.483 e. The molecule has 0 fully saturated rings. The van der Waals surface area contributed by atoms with Gasteiger partial charge in [0.05, 0.1) is 0 Å². The van der Waals surface area contributed by atoms with Gasteiger partial charge in [0, 0.05) is 10.5 Å². The van der Waals surface area contributed by atoms with E-state index in [0.29, 0.717) is 11.3 Å². The number of ether oxygens (including phenoxy) is 1. The van der Waals surface area contributed by atoms with Crippen LogP contribution in [-0.2, 0) is 0 Å². The van der Waals surface area contributed by atoms with E-state index in [9.17, 15) is 22.0 Å². The summed E-state index contributed by atoms with van der Waals surface area (Å²) < 4.78 is 67.9. The van der Waals surface area contributed by atoms with Crippen LogP contribution in [0.2, 0.25) is 0 Å². The lowest BCUT2D eigenvalue weighted by Gasteiger charge is -2.28. The molecule has 1 aromatic carbocycles. The van der Waals surface area contributed by atoms with Crippen LogP contribution in [0.5, 0.6) is 5.75 Å². The highest BCUT2D eigenvalue weighted by molar-refractivity contribution is 8.00. The molecule has 0 aliphatic carbocycles. The Morgan fingerprint density at radius 1 is 1.10 bits per heavy atom. The van der Waals surface area contributed by atoms with E-state index >= 15 is 0 Å². The highest BCUT2D eigenvalue weighted by atomic mass is 32.2. The fraction of sp³-hybridized carbons (Fsp3) is 0.385. The smallest absolute Gasteiger partial charge is 0.464 e. The van der Waals surface area contributed by atoms with E-state index in [1.807, 2.05) is 13.8 Å². The van der Waals surface area contributed by atoms with Crippen molar-refractivity contribution in [3.8, 4) is 5.75 Å². The second kappa shape index (κ2) is 4.65. The molecule has 0 N–H and O–H groups in total. The zero-order valence-electron chi connectivity index (χ0n) is 10.6. The molecule has 1 heterocycles. The van der Waals surface area contributed by atoms with Crippen LogP contribution in [0.1, 0.15) is 19.4 Å². The van der Waals surface area contributed by atoms with E-state index in [0.717, 1.165) is 0 Å². The summed E-state index contributed by atoms with van der Waals surface area (Å²) in [5.74, 6) is 0.456. The fourth-order valence-corrected chi connectivity index (χ4v) is 2.36. The zero-order chi connectivity index (χ0) is 15.2. The topological polar surface area (TPSA) is 9.23 Å². The molecule has 20 heavy (non-hydrogen) atoms. The van der Waals surface area contributed by atoms with Gasteiger partial charge in [-0.2, -0.15) is 22.0 Å². The van der Waals surface area contributed by atoms with Crippen LogP contribution in [-0.4, -0.2) is 17.0 Å². The quantitative estimate of drug-likeness (QED) is 0.554. The van der Waals surface area contributed by atoms with Crippen LogP contribution in [0.25, 0.3) is 6.08 Å². The molecule has 1 nitrogen and oxygen atoms in total. The highest BCUT2D eigenvalue weighted by Crippen LogP contribution is 2.48. The Kier molecular flexibility index (Phi) is 3.52. The first kappa shape index (κ1) is 15.2. The van der Waals surface area contributed by atoms with Gasteiger partial charge in [-0.05, 0) is 49.9 Å². The average Bonchev–Trinajstić information content (AvgIpc) is 2.26. The van der Waals surface area contributed by atoms with Crippen LogP contribution in [0.15, 0.2) is 29.2 Å². The maximum Gasteiger partial charge on any atom is 0.464 e. The van der Waals surface area contributed by atoms with E-state index in [1.54, 1.807) is 12.2 Å². The Labute approximate surface area is 116 Å². The molecule has 0 unspecified atom stereocenters. The van der Waals surface area contributed by atoms with Crippen molar-refractivity contribution in [2.45, 2.75) is 35.8 Å². The predicted molar refractivity (Wildman–Crippen MR) is 67.0 cm³/mol. The van der Waals surface area contributed by atoms with Crippen LogP contribution < -0.4 is 4.74 Å². The van der Waals surface area contributed by atoms with Crippen molar-refractivity contribution in [3.05, 3.63) is 29.8 Å². The zero-order valence-corrected chi connectivity index (χ0v) is 11.4. The van der Waals surface area contributed by atoms with Crippen molar-refractivity contribution in [2.75, 3.05) is 0 Å². The van der Waals surface area contributed by atoms with Gasteiger partial charge < -0.3 is 4.74 Å². The molecular formula is C13H11F5OS. The Balaban J connectivity index is 2.26. The maximum atomic E-state index is 13.0. The van der Waals surface area contributed by atoms with E-state index in [1.165, 1.54) is 18.2 Å². The molecule has 0 bridgehead atoms. The van der Waals surface area contributed by atoms with Crippen molar-refractivity contribution in [1.29, 1.82) is 0 Å². The van der Waals surface area contributed by atoms with Gasteiger partial charge in [0.15, 0.2) is 0 Å². The van der Waals surface area contributed by atoms with Gasteiger partial charge in [0.25, 0.3) is 0 Å². The summed E-state index contributed by atoms with van der Waals surface area (Å²) in [5, 5.41) is -4.82. The number of benzene rings is 1. The molecule has 0 aromatic heterocycles. The van der Waals surface area contributed by atoms with Gasteiger partial charge >= 0.3 is 11.4 Å². The second-order valence-electron chi connectivity index (χ2n) is 4.86. The van der Waals surface area contributed by atoms with Gasteiger partial charge in [0.2, 0.25) is 0 Å². The third-order valence-corrected chi connectivity index (χ3v) is 3.57. The Morgan fingerprint density at radius 3 is 2.35 bits per heavy atom. The van der Waals surface area contributed by atoms with Crippen molar-refractivity contribution in [1.82, 2.24) is 0 Å². The molecule has 7 heteroatoms. The lowest BCUT2D eigenvalue weighted by Crippen LogP contribution is -2.32. The molecule has 0 radical (unpaired) electrons. The third-order valence-electron chi connectivity index (χ3n) is 2.59. The average molecular weight is 310 g/mol. The van der Waals surface area contributed by atoms with E-state index in [4.69, 9.17) is 4.74 Å². The van der Waals surface area contributed by atoms with Gasteiger partial charge in [-0.15, -0.1) is 0 Å². The van der Waals surface area contributed by atoms with Crippen LogP contribution in [0, 0.1) is 0 Å². The van der Waals surface area contributed by atoms with Gasteiger partial charge in [-0.1, -0.05) is 6.08 Å². The fourth-order valence-electron chi connectivity index (χ4n) is 1.63. The summed E-state index contributed by atoms with van der Waals surface area (Å²) in [5.41, 5.74) is -0.0512. The summed E-state index contributed by atoms with van der Waals surface area (Å²) in [6, 6.07) is 3.85. The number of rotatable bonds is 2. The minimum absolute atomic E-state index is 0.168. The summed E-state index contributed by atoms with van der Waals surface area (Å²) >= 11 is -0.522. The first-order chi connectivity index (χ1) is 9.00. The molecule has 0 saturated heterocycles. The molecule has 1 aromatic rings. The van der Waals surface area contributed by atoms with E-state index in [-0.39, 0.29) is 4.90 Å². The molecule has 2 rings (SSSR count).